The highest BCUT2D eigenvalue weighted by Crippen LogP contribution is 2.44. The van der Waals surface area contributed by atoms with E-state index >= 15 is 0 Å². The minimum absolute atomic E-state index is 0.0453. The third-order valence-corrected chi connectivity index (χ3v) is 6.92. The highest BCUT2D eigenvalue weighted by molar-refractivity contribution is 5.87. The number of carboxylic acid groups (broad SMARTS) is 1. The molecule has 0 saturated heterocycles. The zero-order chi connectivity index (χ0) is 25.2. The number of fused-ring (bicyclic) bond motifs is 3. The van der Waals surface area contributed by atoms with Crippen LogP contribution in [-0.2, 0) is 14.3 Å². The molecule has 2 aromatic carbocycles. The third kappa shape index (κ3) is 5.84. The molecule has 1 fully saturated rings. The number of rotatable bonds is 9. The minimum atomic E-state index is -0.908. The molecule has 2 amide bonds. The van der Waals surface area contributed by atoms with Crippen LogP contribution in [0.2, 0.25) is 0 Å². The van der Waals surface area contributed by atoms with Gasteiger partial charge in [0.25, 0.3) is 0 Å². The number of hydrogen-bond donors (Lipinski definition) is 3. The molecule has 0 aliphatic heterocycles. The van der Waals surface area contributed by atoms with Gasteiger partial charge in [0.05, 0.1) is 5.92 Å². The molecular formula is C28H34N2O5. The van der Waals surface area contributed by atoms with E-state index in [0.29, 0.717) is 12.3 Å². The van der Waals surface area contributed by atoms with Gasteiger partial charge in [0.1, 0.15) is 12.6 Å². The average Bonchev–Trinajstić information content (AvgIpc) is 3.58. The second kappa shape index (κ2) is 10.1. The lowest BCUT2D eigenvalue weighted by molar-refractivity contribution is -0.142. The van der Waals surface area contributed by atoms with Crippen LogP contribution in [0, 0.1) is 17.3 Å². The fourth-order valence-electron chi connectivity index (χ4n) is 4.79. The summed E-state index contributed by atoms with van der Waals surface area (Å²) in [6, 6.07) is 15.3. The number of ether oxygens (including phenoxy) is 1. The van der Waals surface area contributed by atoms with Gasteiger partial charge < -0.3 is 20.5 Å². The fraction of sp³-hybridized carbons (Fsp3) is 0.464. The van der Waals surface area contributed by atoms with Crippen LogP contribution in [0.4, 0.5) is 4.79 Å². The number of alkyl carbamates (subject to hydrolysis) is 1. The lowest BCUT2D eigenvalue weighted by Crippen LogP contribution is -2.54. The van der Waals surface area contributed by atoms with Crippen LogP contribution in [-0.4, -0.2) is 42.3 Å². The van der Waals surface area contributed by atoms with Crippen molar-refractivity contribution in [2.45, 2.75) is 52.0 Å². The molecule has 7 heteroatoms. The first-order chi connectivity index (χ1) is 16.6. The lowest BCUT2D eigenvalue weighted by Gasteiger charge is -2.30. The van der Waals surface area contributed by atoms with Gasteiger partial charge in [-0.1, -0.05) is 82.1 Å². The molecule has 1 saturated carbocycles. The summed E-state index contributed by atoms with van der Waals surface area (Å²) in [4.78, 5) is 37.3. The Morgan fingerprint density at radius 2 is 1.57 bits per heavy atom. The molecule has 186 valence electrons. The van der Waals surface area contributed by atoms with Crippen LogP contribution < -0.4 is 10.6 Å². The molecule has 3 N–H and O–H groups in total. The van der Waals surface area contributed by atoms with Gasteiger partial charge in [-0.05, 0) is 40.0 Å². The Labute approximate surface area is 206 Å². The molecule has 0 spiro atoms. The first-order valence-corrected chi connectivity index (χ1v) is 12.3. The van der Waals surface area contributed by atoms with Gasteiger partial charge in [-0.3, -0.25) is 9.59 Å². The van der Waals surface area contributed by atoms with Crippen LogP contribution in [0.5, 0.6) is 0 Å². The number of amides is 2. The maximum Gasteiger partial charge on any atom is 0.407 e. The second-order valence-electron chi connectivity index (χ2n) is 10.7. The minimum Gasteiger partial charge on any atom is -0.481 e. The summed E-state index contributed by atoms with van der Waals surface area (Å²) in [6.07, 6.45) is 1.99. The average molecular weight is 479 g/mol. The number of hydrogen-bond acceptors (Lipinski definition) is 4. The Hall–Kier alpha value is -3.35. The fourth-order valence-corrected chi connectivity index (χ4v) is 4.79. The van der Waals surface area contributed by atoms with Crippen molar-refractivity contribution in [1.29, 1.82) is 0 Å². The zero-order valence-corrected chi connectivity index (χ0v) is 20.5. The zero-order valence-electron chi connectivity index (χ0n) is 20.5. The molecule has 0 radical (unpaired) electrons. The standard InChI is InChI=1S/C28H34N2O5/c1-28(2,3)24(25(31)29-15-18(26(32)33)14-17-12-13-17)30-27(34)35-16-23-21-10-6-4-8-19(21)20-9-5-7-11-22(20)23/h4-11,17-18,23-24H,12-16H2,1-3H3,(H,29,31)(H,30,34)(H,32,33). The number of aliphatic carboxylic acids is 1. The molecule has 2 aromatic rings. The van der Waals surface area contributed by atoms with Crippen molar-refractivity contribution < 1.29 is 24.2 Å². The maximum atomic E-state index is 13.0. The van der Waals surface area contributed by atoms with Gasteiger partial charge in [0, 0.05) is 12.5 Å². The molecule has 2 aliphatic carbocycles. The monoisotopic (exact) mass is 478 g/mol. The number of nitrogens with one attached hydrogen (secondary N) is 2. The van der Waals surface area contributed by atoms with Gasteiger partial charge >= 0.3 is 12.1 Å². The molecule has 0 bridgehead atoms. The van der Waals surface area contributed by atoms with Gasteiger partial charge in [-0.15, -0.1) is 0 Å². The molecule has 0 aromatic heterocycles. The van der Waals surface area contributed by atoms with E-state index in [-0.39, 0.29) is 19.1 Å². The van der Waals surface area contributed by atoms with Crippen molar-refractivity contribution >= 4 is 18.0 Å². The van der Waals surface area contributed by atoms with Gasteiger partial charge in [0.15, 0.2) is 0 Å². The first kappa shape index (κ1) is 24.8. The summed E-state index contributed by atoms with van der Waals surface area (Å²) in [6.45, 7) is 5.74. The van der Waals surface area contributed by atoms with E-state index in [1.807, 2.05) is 57.2 Å². The van der Waals surface area contributed by atoms with Crippen molar-refractivity contribution in [3.63, 3.8) is 0 Å². The van der Waals surface area contributed by atoms with Crippen LogP contribution in [0.15, 0.2) is 48.5 Å². The number of carboxylic acids is 1. The van der Waals surface area contributed by atoms with Gasteiger partial charge in [-0.2, -0.15) is 0 Å². The molecule has 2 aliphatic rings. The molecule has 2 unspecified atom stereocenters. The number of benzene rings is 2. The van der Waals surface area contributed by atoms with Gasteiger partial charge in [0.2, 0.25) is 5.91 Å². The van der Waals surface area contributed by atoms with E-state index in [0.717, 1.165) is 35.1 Å². The van der Waals surface area contributed by atoms with Crippen molar-refractivity contribution in [1.82, 2.24) is 10.6 Å². The summed E-state index contributed by atoms with van der Waals surface area (Å²) >= 11 is 0. The Bertz CT molecular complexity index is 1060. The predicted molar refractivity (Wildman–Crippen MR) is 133 cm³/mol. The van der Waals surface area contributed by atoms with Gasteiger partial charge in [-0.25, -0.2) is 4.79 Å². The summed E-state index contributed by atoms with van der Waals surface area (Å²) in [5.74, 6) is -1.58. The first-order valence-electron chi connectivity index (χ1n) is 12.3. The van der Waals surface area contributed by atoms with Crippen LogP contribution >= 0.6 is 0 Å². The summed E-state index contributed by atoms with van der Waals surface area (Å²) < 4.78 is 5.62. The molecule has 4 rings (SSSR count). The van der Waals surface area contributed by atoms with Crippen LogP contribution in [0.25, 0.3) is 11.1 Å². The van der Waals surface area contributed by atoms with Crippen LogP contribution in [0.3, 0.4) is 0 Å². The van der Waals surface area contributed by atoms with E-state index in [1.54, 1.807) is 0 Å². The summed E-state index contributed by atoms with van der Waals surface area (Å²) in [5, 5.41) is 14.9. The van der Waals surface area contributed by atoms with Crippen molar-refractivity contribution in [3.8, 4) is 11.1 Å². The number of carbonyl (C=O) groups excluding carboxylic acids is 2. The lowest BCUT2D eigenvalue weighted by atomic mass is 9.86. The predicted octanol–water partition coefficient (Wildman–Crippen LogP) is 4.56. The quantitative estimate of drug-likeness (QED) is 0.490. The summed E-state index contributed by atoms with van der Waals surface area (Å²) in [7, 11) is 0. The number of carbonyl (C=O) groups is 3. The smallest absolute Gasteiger partial charge is 0.407 e. The molecule has 7 nitrogen and oxygen atoms in total. The van der Waals surface area contributed by atoms with Crippen LogP contribution in [0.1, 0.15) is 57.1 Å². The molecular weight excluding hydrogens is 444 g/mol. The largest absolute Gasteiger partial charge is 0.481 e. The molecule has 35 heavy (non-hydrogen) atoms. The van der Waals surface area contributed by atoms with Crippen molar-refractivity contribution in [2.75, 3.05) is 13.2 Å². The Morgan fingerprint density at radius 1 is 1.00 bits per heavy atom. The topological polar surface area (TPSA) is 105 Å². The Morgan fingerprint density at radius 3 is 2.09 bits per heavy atom. The third-order valence-electron chi connectivity index (χ3n) is 6.92. The Kier molecular flexibility index (Phi) is 7.15. The SMILES string of the molecule is CC(C)(C)C(NC(=O)OCC1c2ccccc2-c2ccccc21)C(=O)NCC(CC1CC1)C(=O)O. The summed E-state index contributed by atoms with van der Waals surface area (Å²) in [5.41, 5.74) is 3.92. The Balaban J connectivity index is 1.37. The van der Waals surface area contributed by atoms with E-state index < -0.39 is 35.3 Å². The second-order valence-corrected chi connectivity index (χ2v) is 10.7. The normalized spacial score (nSPS) is 16.5. The van der Waals surface area contributed by atoms with Crippen molar-refractivity contribution in [3.05, 3.63) is 59.7 Å². The molecule has 2 atom stereocenters. The van der Waals surface area contributed by atoms with E-state index in [1.165, 1.54) is 0 Å². The van der Waals surface area contributed by atoms with Crippen molar-refractivity contribution in [2.24, 2.45) is 17.3 Å². The van der Waals surface area contributed by atoms with E-state index in [4.69, 9.17) is 4.74 Å². The highest BCUT2D eigenvalue weighted by atomic mass is 16.5. The van der Waals surface area contributed by atoms with E-state index in [9.17, 15) is 19.5 Å². The highest BCUT2D eigenvalue weighted by Gasteiger charge is 2.36. The maximum absolute atomic E-state index is 13.0. The van der Waals surface area contributed by atoms with E-state index in [2.05, 4.69) is 22.8 Å². The molecule has 0 heterocycles.